The Morgan fingerprint density at radius 2 is 2.27 bits per heavy atom. The third-order valence-electron chi connectivity index (χ3n) is 4.03. The first-order chi connectivity index (χ1) is 10.5. The van der Waals surface area contributed by atoms with Crippen LogP contribution in [0.25, 0.3) is 0 Å². The maximum Gasteiger partial charge on any atom is 0.220 e. The van der Waals surface area contributed by atoms with E-state index in [-0.39, 0.29) is 11.9 Å². The van der Waals surface area contributed by atoms with E-state index in [0.717, 1.165) is 29.5 Å². The molecule has 0 fully saturated rings. The number of benzene rings is 1. The second kappa shape index (κ2) is 6.31. The zero-order chi connectivity index (χ0) is 15.7. The van der Waals surface area contributed by atoms with Crippen molar-refractivity contribution in [3.63, 3.8) is 0 Å². The van der Waals surface area contributed by atoms with Crippen LogP contribution in [0.5, 0.6) is 0 Å². The van der Waals surface area contributed by atoms with Crippen LogP contribution >= 0.6 is 23.2 Å². The SMILES string of the molecule is Cn1cc(CCC(=O)N[C@H]2CCc3c2ccc(Cl)c3Cl)cn1. The monoisotopic (exact) mass is 337 g/mol. The van der Waals surface area contributed by atoms with Gasteiger partial charge < -0.3 is 5.32 Å². The van der Waals surface area contributed by atoms with Gasteiger partial charge in [-0.1, -0.05) is 29.3 Å². The predicted octanol–water partition coefficient (Wildman–Crippen LogP) is 3.46. The van der Waals surface area contributed by atoms with Crippen LogP contribution in [0.4, 0.5) is 0 Å². The molecule has 1 aliphatic rings. The lowest BCUT2D eigenvalue weighted by Gasteiger charge is -2.14. The van der Waals surface area contributed by atoms with E-state index in [9.17, 15) is 4.79 Å². The van der Waals surface area contributed by atoms with E-state index in [2.05, 4.69) is 10.4 Å². The van der Waals surface area contributed by atoms with E-state index < -0.39 is 0 Å². The smallest absolute Gasteiger partial charge is 0.220 e. The molecular weight excluding hydrogens is 321 g/mol. The fourth-order valence-electron chi connectivity index (χ4n) is 2.91. The molecule has 3 rings (SSSR count). The second-order valence-electron chi connectivity index (χ2n) is 5.61. The van der Waals surface area contributed by atoms with Gasteiger partial charge in [0.15, 0.2) is 0 Å². The Bertz CT molecular complexity index is 711. The van der Waals surface area contributed by atoms with Crippen LogP contribution < -0.4 is 5.32 Å². The summed E-state index contributed by atoms with van der Waals surface area (Å²) in [4.78, 5) is 12.1. The van der Waals surface area contributed by atoms with E-state index in [1.54, 1.807) is 16.9 Å². The quantitative estimate of drug-likeness (QED) is 0.928. The van der Waals surface area contributed by atoms with Gasteiger partial charge in [0.1, 0.15) is 0 Å². The summed E-state index contributed by atoms with van der Waals surface area (Å²) in [6.45, 7) is 0. The highest BCUT2D eigenvalue weighted by molar-refractivity contribution is 6.42. The molecule has 1 aliphatic carbocycles. The number of rotatable bonds is 4. The number of hydrogen-bond donors (Lipinski definition) is 1. The number of carbonyl (C=O) groups is 1. The van der Waals surface area contributed by atoms with Gasteiger partial charge in [-0.15, -0.1) is 0 Å². The average molecular weight is 338 g/mol. The van der Waals surface area contributed by atoms with Crippen molar-refractivity contribution in [1.82, 2.24) is 15.1 Å². The first-order valence-corrected chi connectivity index (χ1v) is 8.04. The predicted molar refractivity (Wildman–Crippen MR) is 87.2 cm³/mol. The Kier molecular flexibility index (Phi) is 4.41. The Balaban J connectivity index is 1.61. The minimum absolute atomic E-state index is 0.0335. The van der Waals surface area contributed by atoms with Gasteiger partial charge >= 0.3 is 0 Å². The summed E-state index contributed by atoms with van der Waals surface area (Å²) in [5.41, 5.74) is 3.22. The summed E-state index contributed by atoms with van der Waals surface area (Å²) in [7, 11) is 1.87. The van der Waals surface area contributed by atoms with E-state index in [1.165, 1.54) is 0 Å². The van der Waals surface area contributed by atoms with Gasteiger partial charge in [0.05, 0.1) is 22.3 Å². The number of nitrogens with zero attached hydrogens (tertiary/aromatic N) is 2. The standard InChI is InChI=1S/C16H17Cl2N3O/c1-21-9-10(8-19-21)2-7-15(22)20-14-6-4-12-11(14)3-5-13(17)16(12)18/h3,5,8-9,14H,2,4,6-7H2,1H3,(H,20,22)/t14-/m0/s1. The van der Waals surface area contributed by atoms with Gasteiger partial charge in [0.2, 0.25) is 5.91 Å². The van der Waals surface area contributed by atoms with E-state index in [0.29, 0.717) is 22.9 Å². The lowest BCUT2D eigenvalue weighted by atomic mass is 10.1. The van der Waals surface area contributed by atoms with Crippen molar-refractivity contribution < 1.29 is 4.79 Å². The molecule has 0 radical (unpaired) electrons. The van der Waals surface area contributed by atoms with Crippen LogP contribution in [0, 0.1) is 0 Å². The average Bonchev–Trinajstić information content (AvgIpc) is 3.08. The number of aryl methyl sites for hydroxylation is 2. The van der Waals surface area contributed by atoms with Crippen molar-refractivity contribution >= 4 is 29.1 Å². The second-order valence-corrected chi connectivity index (χ2v) is 6.40. The van der Waals surface area contributed by atoms with Gasteiger partial charge in [-0.05, 0) is 42.0 Å². The molecule has 0 spiro atoms. The molecule has 2 aromatic rings. The third-order valence-corrected chi connectivity index (χ3v) is 4.87. The Hall–Kier alpha value is -1.52. The molecular formula is C16H17Cl2N3O. The molecule has 0 saturated heterocycles. The van der Waals surface area contributed by atoms with Crippen LogP contribution in [-0.2, 0) is 24.7 Å². The lowest BCUT2D eigenvalue weighted by Crippen LogP contribution is -2.27. The number of aromatic nitrogens is 2. The zero-order valence-electron chi connectivity index (χ0n) is 12.3. The number of nitrogens with one attached hydrogen (secondary N) is 1. The van der Waals surface area contributed by atoms with Crippen LogP contribution in [0.1, 0.15) is 35.6 Å². The van der Waals surface area contributed by atoms with Crippen LogP contribution in [0.15, 0.2) is 24.5 Å². The lowest BCUT2D eigenvalue weighted by molar-refractivity contribution is -0.121. The van der Waals surface area contributed by atoms with Crippen molar-refractivity contribution in [2.24, 2.45) is 7.05 Å². The molecule has 116 valence electrons. The molecule has 1 aromatic carbocycles. The van der Waals surface area contributed by atoms with Crippen molar-refractivity contribution in [2.45, 2.75) is 31.7 Å². The van der Waals surface area contributed by atoms with Crippen LogP contribution in [0.2, 0.25) is 10.0 Å². The summed E-state index contributed by atoms with van der Waals surface area (Å²) in [5, 5.41) is 8.38. The summed E-state index contributed by atoms with van der Waals surface area (Å²) in [6, 6.07) is 3.79. The summed E-state index contributed by atoms with van der Waals surface area (Å²) in [6.07, 6.45) is 6.59. The zero-order valence-corrected chi connectivity index (χ0v) is 13.8. The van der Waals surface area contributed by atoms with Gasteiger partial charge in [-0.2, -0.15) is 5.10 Å². The van der Waals surface area contributed by atoms with Crippen LogP contribution in [0.3, 0.4) is 0 Å². The first-order valence-electron chi connectivity index (χ1n) is 7.28. The molecule has 1 heterocycles. The summed E-state index contributed by atoms with van der Waals surface area (Å²) in [5.74, 6) is 0.0489. The summed E-state index contributed by atoms with van der Waals surface area (Å²) >= 11 is 12.3. The van der Waals surface area contributed by atoms with Gasteiger partial charge in [0, 0.05) is 19.7 Å². The summed E-state index contributed by atoms with van der Waals surface area (Å²) < 4.78 is 1.74. The minimum atomic E-state index is 0.0335. The minimum Gasteiger partial charge on any atom is -0.349 e. The topological polar surface area (TPSA) is 46.9 Å². The van der Waals surface area contributed by atoms with Crippen molar-refractivity contribution in [3.8, 4) is 0 Å². The number of hydrogen-bond acceptors (Lipinski definition) is 2. The van der Waals surface area contributed by atoms with E-state index in [1.807, 2.05) is 19.3 Å². The largest absolute Gasteiger partial charge is 0.349 e. The maximum atomic E-state index is 12.1. The highest BCUT2D eigenvalue weighted by Gasteiger charge is 2.26. The molecule has 1 amide bonds. The number of amides is 1. The molecule has 0 bridgehead atoms. The molecule has 1 N–H and O–H groups in total. The molecule has 22 heavy (non-hydrogen) atoms. The van der Waals surface area contributed by atoms with Gasteiger partial charge in [-0.25, -0.2) is 0 Å². The molecule has 0 aliphatic heterocycles. The number of fused-ring (bicyclic) bond motifs is 1. The maximum absolute atomic E-state index is 12.1. The third kappa shape index (κ3) is 3.13. The van der Waals surface area contributed by atoms with Crippen molar-refractivity contribution in [2.75, 3.05) is 0 Å². The van der Waals surface area contributed by atoms with E-state index >= 15 is 0 Å². The normalized spacial score (nSPS) is 16.6. The Morgan fingerprint density at radius 1 is 1.45 bits per heavy atom. The Morgan fingerprint density at radius 3 is 3.00 bits per heavy atom. The number of carbonyl (C=O) groups excluding carboxylic acids is 1. The number of halogens is 2. The fourth-order valence-corrected chi connectivity index (χ4v) is 3.35. The molecule has 0 unspecified atom stereocenters. The van der Waals surface area contributed by atoms with E-state index in [4.69, 9.17) is 23.2 Å². The van der Waals surface area contributed by atoms with Gasteiger partial charge in [0.25, 0.3) is 0 Å². The molecule has 0 saturated carbocycles. The molecule has 6 heteroatoms. The fraction of sp³-hybridized carbons (Fsp3) is 0.375. The Labute approximate surface area is 139 Å². The van der Waals surface area contributed by atoms with Crippen LogP contribution in [-0.4, -0.2) is 15.7 Å². The van der Waals surface area contributed by atoms with Crippen molar-refractivity contribution in [1.29, 1.82) is 0 Å². The first kappa shape index (κ1) is 15.4. The highest BCUT2D eigenvalue weighted by atomic mass is 35.5. The molecule has 1 aromatic heterocycles. The molecule has 4 nitrogen and oxygen atoms in total. The highest BCUT2D eigenvalue weighted by Crippen LogP contribution is 2.39. The van der Waals surface area contributed by atoms with Gasteiger partial charge in [-0.3, -0.25) is 9.48 Å². The van der Waals surface area contributed by atoms with Crippen molar-refractivity contribution in [3.05, 3.63) is 51.3 Å². The molecule has 1 atom stereocenters.